The lowest BCUT2D eigenvalue weighted by Crippen LogP contribution is -2.41. The van der Waals surface area contributed by atoms with E-state index in [1.165, 1.54) is 0 Å². The third-order valence-electron chi connectivity index (χ3n) is 8.03. The first-order chi connectivity index (χ1) is 18.6. The highest BCUT2D eigenvalue weighted by molar-refractivity contribution is 5.84. The van der Waals surface area contributed by atoms with Gasteiger partial charge >= 0.3 is 5.97 Å². The predicted molar refractivity (Wildman–Crippen MR) is 142 cm³/mol. The van der Waals surface area contributed by atoms with Crippen LogP contribution in [-0.4, -0.2) is 52.8 Å². The van der Waals surface area contributed by atoms with E-state index in [9.17, 15) is 28.2 Å². The van der Waals surface area contributed by atoms with E-state index in [1.807, 2.05) is 25.1 Å². The first-order valence-electron chi connectivity index (χ1n) is 13.3. The molecule has 1 atom stereocenters. The molecule has 9 heteroatoms. The van der Waals surface area contributed by atoms with Gasteiger partial charge < -0.3 is 19.8 Å². The van der Waals surface area contributed by atoms with E-state index in [0.717, 1.165) is 28.1 Å². The molecule has 1 unspecified atom stereocenters. The topological polar surface area (TPSA) is 82.9 Å². The summed E-state index contributed by atoms with van der Waals surface area (Å²) in [4.78, 5) is 18.4. The molecule has 0 amide bonds. The molecule has 2 aromatic carbocycles. The molecule has 1 aromatic heterocycles. The number of aliphatic carboxylic acids is 1. The van der Waals surface area contributed by atoms with Crippen molar-refractivity contribution in [2.24, 2.45) is 5.41 Å². The van der Waals surface area contributed by atoms with E-state index >= 15 is 0 Å². The van der Waals surface area contributed by atoms with Crippen LogP contribution in [0.1, 0.15) is 61.3 Å². The molecule has 2 heterocycles. The van der Waals surface area contributed by atoms with Crippen molar-refractivity contribution in [3.05, 3.63) is 70.7 Å². The Bertz CT molecular complexity index is 1330. The van der Waals surface area contributed by atoms with Gasteiger partial charge in [0.25, 0.3) is 0 Å². The summed E-state index contributed by atoms with van der Waals surface area (Å²) in [6.45, 7) is 3.85. The zero-order chi connectivity index (χ0) is 28.2. The second-order valence-corrected chi connectivity index (χ2v) is 10.7. The maximum absolute atomic E-state index is 14.0. The number of likely N-dealkylation sites (tertiary alicyclic amines) is 1. The molecular weight excluding hydrogens is 509 g/mol. The summed E-state index contributed by atoms with van der Waals surface area (Å²) in [6.07, 6.45) is 3.99. The SMILES string of the molecule is COc1ccc2ncc(C)c(C(O)CCC3(CC(=O)O)CCN(CCCc4cc(F)cc(F)c4F)CC3)c2c1. The molecule has 0 bridgehead atoms. The van der Waals surface area contributed by atoms with Crippen LogP contribution in [0.2, 0.25) is 0 Å². The van der Waals surface area contributed by atoms with Gasteiger partial charge in [0.1, 0.15) is 11.6 Å². The van der Waals surface area contributed by atoms with Crippen molar-refractivity contribution in [2.45, 2.75) is 58.0 Å². The van der Waals surface area contributed by atoms with Crippen LogP contribution in [0.3, 0.4) is 0 Å². The molecule has 0 radical (unpaired) electrons. The highest BCUT2D eigenvalue weighted by atomic mass is 19.2. The standard InChI is InChI=1S/C30H35F3N2O4/c1-19-18-34-25-6-5-22(39-2)16-23(25)28(19)26(36)7-8-30(17-27(37)38)9-12-35(13-10-30)11-3-4-20-14-21(31)15-24(32)29(20)33/h5-6,14-16,18,26,36H,3-4,7-13,17H2,1-2H3,(H,37,38). The predicted octanol–water partition coefficient (Wildman–Crippen LogP) is 5.97. The Morgan fingerprint density at radius 3 is 2.62 bits per heavy atom. The van der Waals surface area contributed by atoms with Gasteiger partial charge in [0.15, 0.2) is 11.6 Å². The van der Waals surface area contributed by atoms with Crippen molar-refractivity contribution >= 4 is 16.9 Å². The minimum Gasteiger partial charge on any atom is -0.497 e. The first kappa shape index (κ1) is 28.8. The minimum absolute atomic E-state index is 0.0191. The number of aliphatic hydroxyl groups is 1. The number of aryl methyl sites for hydroxylation is 2. The Balaban J connectivity index is 1.39. The van der Waals surface area contributed by atoms with Crippen LogP contribution >= 0.6 is 0 Å². The molecule has 2 N–H and O–H groups in total. The van der Waals surface area contributed by atoms with Crippen molar-refractivity contribution in [1.82, 2.24) is 9.88 Å². The number of hydrogen-bond donors (Lipinski definition) is 2. The number of pyridine rings is 1. The number of carboxylic acid groups (broad SMARTS) is 1. The molecule has 1 saturated heterocycles. The second-order valence-electron chi connectivity index (χ2n) is 10.7. The van der Waals surface area contributed by atoms with Crippen molar-refractivity contribution in [3.8, 4) is 5.75 Å². The third kappa shape index (κ3) is 6.89. The lowest BCUT2D eigenvalue weighted by Gasteiger charge is -2.41. The number of aliphatic hydroxyl groups excluding tert-OH is 1. The van der Waals surface area contributed by atoms with Crippen LogP contribution in [0.15, 0.2) is 36.5 Å². The van der Waals surface area contributed by atoms with Crippen LogP contribution in [0.25, 0.3) is 10.9 Å². The van der Waals surface area contributed by atoms with Crippen LogP contribution in [0, 0.1) is 29.8 Å². The molecule has 1 fully saturated rings. The number of carbonyl (C=O) groups is 1. The van der Waals surface area contributed by atoms with Gasteiger partial charge in [0, 0.05) is 17.6 Å². The zero-order valence-corrected chi connectivity index (χ0v) is 22.4. The highest BCUT2D eigenvalue weighted by Gasteiger charge is 2.37. The van der Waals surface area contributed by atoms with Gasteiger partial charge in [-0.3, -0.25) is 9.78 Å². The molecule has 6 nitrogen and oxygen atoms in total. The number of ether oxygens (including phenoxy) is 1. The third-order valence-corrected chi connectivity index (χ3v) is 8.03. The van der Waals surface area contributed by atoms with Crippen LogP contribution < -0.4 is 4.74 Å². The highest BCUT2D eigenvalue weighted by Crippen LogP contribution is 2.42. The van der Waals surface area contributed by atoms with Crippen molar-refractivity contribution in [2.75, 3.05) is 26.7 Å². The lowest BCUT2D eigenvalue weighted by atomic mass is 9.71. The normalized spacial score (nSPS) is 16.4. The molecule has 3 aromatic rings. The molecule has 0 aliphatic carbocycles. The van der Waals surface area contributed by atoms with Crippen LogP contribution in [0.5, 0.6) is 5.75 Å². The summed E-state index contributed by atoms with van der Waals surface area (Å²) in [5.41, 5.74) is 1.97. The molecule has 0 saturated carbocycles. The van der Waals surface area contributed by atoms with Gasteiger partial charge in [-0.2, -0.15) is 0 Å². The van der Waals surface area contributed by atoms with E-state index in [0.29, 0.717) is 63.6 Å². The number of piperidine rings is 1. The monoisotopic (exact) mass is 544 g/mol. The van der Waals surface area contributed by atoms with Gasteiger partial charge in [-0.1, -0.05) is 0 Å². The summed E-state index contributed by atoms with van der Waals surface area (Å²) < 4.78 is 46.3. The zero-order valence-electron chi connectivity index (χ0n) is 22.4. The molecular formula is C30H35F3N2O4. The largest absolute Gasteiger partial charge is 0.497 e. The minimum atomic E-state index is -1.18. The van der Waals surface area contributed by atoms with Gasteiger partial charge in [0.2, 0.25) is 0 Å². The quantitative estimate of drug-likeness (QED) is 0.290. The lowest BCUT2D eigenvalue weighted by molar-refractivity contribution is -0.141. The Morgan fingerprint density at radius 1 is 1.18 bits per heavy atom. The van der Waals surface area contributed by atoms with E-state index in [4.69, 9.17) is 4.74 Å². The summed E-state index contributed by atoms with van der Waals surface area (Å²) in [6, 6.07) is 7.11. The van der Waals surface area contributed by atoms with E-state index in [-0.39, 0.29) is 18.4 Å². The number of benzene rings is 2. The molecule has 39 heavy (non-hydrogen) atoms. The number of halogens is 3. The fourth-order valence-electron chi connectivity index (χ4n) is 5.82. The number of methoxy groups -OCH3 is 1. The maximum atomic E-state index is 14.0. The number of carboxylic acids is 1. The number of fused-ring (bicyclic) bond motifs is 1. The summed E-state index contributed by atoms with van der Waals surface area (Å²) in [7, 11) is 1.59. The van der Waals surface area contributed by atoms with Gasteiger partial charge in [-0.05, 0) is 111 Å². The Kier molecular flexibility index (Phi) is 9.12. The number of hydrogen-bond acceptors (Lipinski definition) is 5. The summed E-state index contributed by atoms with van der Waals surface area (Å²) >= 11 is 0. The Morgan fingerprint density at radius 2 is 1.92 bits per heavy atom. The Hall–Kier alpha value is -3.17. The van der Waals surface area contributed by atoms with Crippen LogP contribution in [-0.2, 0) is 11.2 Å². The average Bonchev–Trinajstić information content (AvgIpc) is 2.90. The molecule has 0 spiro atoms. The first-order valence-corrected chi connectivity index (χ1v) is 13.3. The molecule has 1 aliphatic heterocycles. The van der Waals surface area contributed by atoms with Crippen molar-refractivity contribution in [1.29, 1.82) is 0 Å². The second kappa shape index (κ2) is 12.3. The number of rotatable bonds is 11. The van der Waals surface area contributed by atoms with Crippen LogP contribution in [0.4, 0.5) is 13.2 Å². The Labute approximate surface area is 226 Å². The summed E-state index contributed by atoms with van der Waals surface area (Å²) in [5.74, 6) is -3.18. The molecule has 1 aliphatic rings. The van der Waals surface area contributed by atoms with Crippen molar-refractivity contribution in [3.63, 3.8) is 0 Å². The van der Waals surface area contributed by atoms with Gasteiger partial charge in [-0.15, -0.1) is 0 Å². The molecule has 4 rings (SSSR count). The smallest absolute Gasteiger partial charge is 0.303 e. The van der Waals surface area contributed by atoms with E-state index in [1.54, 1.807) is 13.3 Å². The number of aromatic nitrogens is 1. The number of nitrogens with zero attached hydrogens (tertiary/aromatic N) is 2. The van der Waals surface area contributed by atoms with Gasteiger partial charge in [-0.25, -0.2) is 13.2 Å². The molecule has 210 valence electrons. The fraction of sp³-hybridized carbons (Fsp3) is 0.467. The average molecular weight is 545 g/mol. The summed E-state index contributed by atoms with van der Waals surface area (Å²) in [5, 5.41) is 21.8. The van der Waals surface area contributed by atoms with E-state index < -0.39 is 34.9 Å². The van der Waals surface area contributed by atoms with Crippen molar-refractivity contribution < 1.29 is 32.9 Å². The maximum Gasteiger partial charge on any atom is 0.303 e. The fourth-order valence-corrected chi connectivity index (χ4v) is 5.82. The van der Waals surface area contributed by atoms with E-state index in [2.05, 4.69) is 9.88 Å². The van der Waals surface area contributed by atoms with Gasteiger partial charge in [0.05, 0.1) is 25.2 Å².